The monoisotopic (exact) mass is 944 g/mol. The molecule has 324 valence electrons. The molecule has 26 heteroatoms. The molecule has 0 saturated carbocycles. The second kappa shape index (κ2) is 24.2. The number of ether oxygens (including phenoxy) is 2. The SMILES string of the molecule is CCN.[2H]C([2H])([2H])OCCCN1CC(OS(=O)(=O)c2ccc(C)cc2)c2cc(SOON)sc2S1(=O)=O.[2H]C([2H])([2H])OCCCN1C[C@H](NCC)c2cc(SOON)sc2S1(=O)=O. The lowest BCUT2D eigenvalue weighted by atomic mass is 10.1. The zero-order chi connectivity index (χ0) is 47.2. The molecule has 0 fully saturated rings. The van der Waals surface area contributed by atoms with Crippen LogP contribution >= 0.6 is 46.8 Å². The lowest BCUT2D eigenvalue weighted by Gasteiger charge is -2.32. The molecular formula is C31H50N6O13S7. The van der Waals surface area contributed by atoms with Crippen molar-refractivity contribution in [3.8, 4) is 0 Å². The van der Waals surface area contributed by atoms with Gasteiger partial charge in [0.1, 0.15) is 14.5 Å². The van der Waals surface area contributed by atoms with E-state index in [9.17, 15) is 25.3 Å². The van der Waals surface area contributed by atoms with E-state index in [1.165, 1.54) is 22.5 Å². The molecule has 2 aliphatic heterocycles. The molecule has 4 heterocycles. The predicted molar refractivity (Wildman–Crippen MR) is 217 cm³/mol. The van der Waals surface area contributed by atoms with E-state index in [4.69, 9.17) is 34.7 Å². The van der Waals surface area contributed by atoms with Crippen LogP contribution in [0.4, 0.5) is 0 Å². The normalized spacial score (nSPS) is 20.8. The summed E-state index contributed by atoms with van der Waals surface area (Å²) < 4.78 is 148. The minimum Gasteiger partial charge on any atom is -0.385 e. The maximum atomic E-state index is 13.2. The molecule has 0 amide bonds. The third-order valence-corrected chi connectivity index (χ3v) is 17.4. The summed E-state index contributed by atoms with van der Waals surface area (Å²) in [6, 6.07) is 9.04. The third-order valence-electron chi connectivity index (χ3n) is 7.65. The number of likely N-dealkylation sites (N-methyl/N-ethyl adjacent to an activating group) is 1. The van der Waals surface area contributed by atoms with Crippen molar-refractivity contribution in [3.05, 3.63) is 53.1 Å². The molecule has 0 aliphatic carbocycles. The highest BCUT2D eigenvalue weighted by Gasteiger charge is 2.42. The number of sulfonamides is 2. The lowest BCUT2D eigenvalue weighted by Crippen LogP contribution is -2.43. The number of aryl methyl sites for hydroxylation is 1. The standard InChI is InChI=1S/C17H22N2O8S4.C12H21N3O5S3.C2H7N/c1-12-4-6-13(7-5-12)31(22,23)25-15-11-19(8-3-9-24-2)30(20,21)17-14(15)10-16(28-17)29-27-26-18;1-3-14-10-8-15(5-4-6-18-2)23(16,17)12-9(10)7-11(21-12)22-20-19-13;1-2-3/h4-7,10,15H,3,8-9,11,18H2,1-2H3;7,10,14H,3-6,8,13H2,1-2H3;2-3H2,1H3/t;10-;/m.0./s1/i2*2D3;. The largest absolute Gasteiger partial charge is 0.385 e. The van der Waals surface area contributed by atoms with Gasteiger partial charge in [-0.05, 0) is 57.1 Å². The smallest absolute Gasteiger partial charge is 0.297 e. The summed E-state index contributed by atoms with van der Waals surface area (Å²) in [6.07, 6.45) is -0.803. The maximum absolute atomic E-state index is 13.2. The molecule has 3 aromatic rings. The van der Waals surface area contributed by atoms with Crippen LogP contribution in [0.2, 0.25) is 0 Å². The number of thiophene rings is 2. The van der Waals surface area contributed by atoms with Gasteiger partial charge in [0, 0.05) is 70.6 Å². The highest BCUT2D eigenvalue weighted by atomic mass is 32.3. The van der Waals surface area contributed by atoms with Crippen molar-refractivity contribution in [2.24, 2.45) is 17.5 Å². The molecule has 7 N–H and O–H groups in total. The summed E-state index contributed by atoms with van der Waals surface area (Å²) in [5.74, 6) is 9.66. The molecule has 2 aliphatic rings. The summed E-state index contributed by atoms with van der Waals surface area (Å²) in [6.45, 7) is 6.82. The second-order valence-corrected chi connectivity index (χ2v) is 21.6. The van der Waals surface area contributed by atoms with Crippen molar-refractivity contribution in [1.29, 1.82) is 0 Å². The summed E-state index contributed by atoms with van der Waals surface area (Å²) in [7, 11) is -17.0. The fraction of sp³-hybridized carbons (Fsp3) is 0.548. The Hall–Kier alpha value is -1.35. The van der Waals surface area contributed by atoms with Crippen LogP contribution < -0.4 is 22.8 Å². The van der Waals surface area contributed by atoms with Crippen LogP contribution in [0, 0.1) is 6.92 Å². The average molecular weight is 945 g/mol. The van der Waals surface area contributed by atoms with Gasteiger partial charge in [-0.2, -0.15) is 28.8 Å². The molecule has 57 heavy (non-hydrogen) atoms. The van der Waals surface area contributed by atoms with Gasteiger partial charge < -0.3 is 20.5 Å². The van der Waals surface area contributed by atoms with Crippen molar-refractivity contribution in [1.82, 2.24) is 13.9 Å². The Morgan fingerprint density at radius 3 is 1.84 bits per heavy atom. The first-order valence-corrected chi connectivity index (χ1v) is 24.2. The maximum Gasteiger partial charge on any atom is 0.297 e. The van der Waals surface area contributed by atoms with E-state index in [1.54, 1.807) is 25.1 Å². The van der Waals surface area contributed by atoms with Crippen molar-refractivity contribution in [2.75, 3.05) is 66.6 Å². The number of nitrogens with zero attached hydrogens (tertiary/aromatic N) is 2. The zero-order valence-electron chi connectivity index (χ0n) is 37.0. The Bertz CT molecular complexity index is 2220. The van der Waals surface area contributed by atoms with Crippen LogP contribution in [0.15, 0.2) is 58.1 Å². The first kappa shape index (κ1) is 41.0. The number of nitrogens with one attached hydrogen (secondary N) is 1. The first-order chi connectivity index (χ1) is 29.4. The zero-order valence-corrected chi connectivity index (χ0v) is 36.7. The van der Waals surface area contributed by atoms with Crippen molar-refractivity contribution >= 4 is 76.9 Å². The van der Waals surface area contributed by atoms with Gasteiger partial charge in [-0.1, -0.05) is 31.5 Å². The van der Waals surface area contributed by atoms with Gasteiger partial charge >= 0.3 is 0 Å². The van der Waals surface area contributed by atoms with Crippen LogP contribution in [0.3, 0.4) is 0 Å². The fourth-order valence-electron chi connectivity index (χ4n) is 5.27. The Kier molecular flexibility index (Phi) is 17.4. The molecule has 0 radical (unpaired) electrons. The number of fused-ring (bicyclic) bond motifs is 2. The van der Waals surface area contributed by atoms with Crippen LogP contribution in [-0.2, 0) is 62.5 Å². The van der Waals surface area contributed by atoms with Crippen molar-refractivity contribution in [3.63, 3.8) is 0 Å². The highest BCUT2D eigenvalue weighted by molar-refractivity contribution is 7.98. The predicted octanol–water partition coefficient (Wildman–Crippen LogP) is 3.61. The Labute approximate surface area is 359 Å². The van der Waals surface area contributed by atoms with Gasteiger partial charge in [0.15, 0.2) is 0 Å². The quantitative estimate of drug-likeness (QED) is 0.0440. The number of methoxy groups -OCH3 is 2. The van der Waals surface area contributed by atoms with Crippen molar-refractivity contribution in [2.45, 2.75) is 67.5 Å². The summed E-state index contributed by atoms with van der Waals surface area (Å²) >= 11 is 3.40. The number of hydrogen-bond donors (Lipinski definition) is 4. The molecule has 1 unspecified atom stereocenters. The molecule has 19 nitrogen and oxygen atoms in total. The first-order valence-electron chi connectivity index (χ1n) is 19.8. The number of nitrogens with two attached hydrogens (primary N) is 3. The van der Waals surface area contributed by atoms with E-state index < -0.39 is 50.3 Å². The van der Waals surface area contributed by atoms with Crippen molar-refractivity contribution < 1.29 is 65.8 Å². The Morgan fingerprint density at radius 2 is 1.35 bits per heavy atom. The van der Waals surface area contributed by atoms with Gasteiger partial charge in [-0.25, -0.2) is 16.8 Å². The van der Waals surface area contributed by atoms with E-state index >= 15 is 0 Å². The number of hydrogen-bond acceptors (Lipinski definition) is 21. The van der Waals surface area contributed by atoms with Gasteiger partial charge in [0.2, 0.25) is 0 Å². The van der Waals surface area contributed by atoms with Crippen LogP contribution in [-0.4, -0.2) is 100 Å². The van der Waals surface area contributed by atoms with E-state index in [2.05, 4.69) is 28.7 Å². The second-order valence-electron chi connectivity index (χ2n) is 11.6. The minimum atomic E-state index is -4.23. The highest BCUT2D eigenvalue weighted by Crippen LogP contribution is 2.45. The lowest BCUT2D eigenvalue weighted by molar-refractivity contribution is -0.195. The molecule has 0 spiro atoms. The molecular weight excluding hydrogens is 889 g/mol. The van der Waals surface area contributed by atoms with E-state index in [1.807, 2.05) is 13.8 Å². The third kappa shape index (κ3) is 13.8. The van der Waals surface area contributed by atoms with Gasteiger partial charge in [0.05, 0.1) is 45.6 Å². The van der Waals surface area contributed by atoms with E-state index in [0.717, 1.165) is 51.1 Å². The van der Waals surface area contributed by atoms with E-state index in [-0.39, 0.29) is 77.2 Å². The minimum absolute atomic E-state index is 0.0472. The van der Waals surface area contributed by atoms with Gasteiger partial charge in [-0.15, -0.1) is 41.3 Å². The number of benzene rings is 1. The summed E-state index contributed by atoms with van der Waals surface area (Å²) in [4.78, 5) is 8.02. The van der Waals surface area contributed by atoms with Crippen LogP contribution in [0.1, 0.15) is 63.7 Å². The van der Waals surface area contributed by atoms with Gasteiger partial charge in [0.25, 0.3) is 30.2 Å². The molecule has 1 aromatic carbocycles. The Morgan fingerprint density at radius 1 is 0.860 bits per heavy atom. The molecule has 0 bridgehead atoms. The molecule has 2 aromatic heterocycles. The Balaban J connectivity index is 0.000000326. The fourth-order valence-corrected chi connectivity index (χ4v) is 14.4. The van der Waals surface area contributed by atoms with Crippen LogP contribution in [0.5, 0.6) is 0 Å². The summed E-state index contributed by atoms with van der Waals surface area (Å²) in [5.41, 5.74) is 6.53. The molecule has 2 atom stereocenters. The molecule has 5 rings (SSSR count). The van der Waals surface area contributed by atoms with Gasteiger partial charge in [-0.3, -0.25) is 4.18 Å². The van der Waals surface area contributed by atoms with Crippen LogP contribution in [0.25, 0.3) is 0 Å². The summed E-state index contributed by atoms with van der Waals surface area (Å²) in [5, 5.41) is 3.27. The topological polar surface area (TPSA) is 264 Å². The average Bonchev–Trinajstić information content (AvgIpc) is 3.84. The van der Waals surface area contributed by atoms with E-state index in [0.29, 0.717) is 32.6 Å². The molecule has 0 saturated heterocycles. The number of rotatable bonds is 19.